The monoisotopic (exact) mass is 301 g/mol. The first-order chi connectivity index (χ1) is 9.38. The fraction of sp³-hybridized carbons (Fsp3) is 0.417. The molecule has 110 valence electrons. The summed E-state index contributed by atoms with van der Waals surface area (Å²) >= 11 is 0. The van der Waals surface area contributed by atoms with Crippen LogP contribution >= 0.6 is 0 Å². The van der Waals surface area contributed by atoms with Gasteiger partial charge in [0.15, 0.2) is 0 Å². The highest BCUT2D eigenvalue weighted by molar-refractivity contribution is 7.89. The van der Waals surface area contributed by atoms with Crippen LogP contribution in [0.3, 0.4) is 0 Å². The number of carboxylic acid groups (broad SMARTS) is 1. The Balaban J connectivity index is 2.30. The van der Waals surface area contributed by atoms with E-state index < -0.39 is 16.0 Å². The van der Waals surface area contributed by atoms with E-state index in [0.717, 1.165) is 18.9 Å². The number of ether oxygens (including phenoxy) is 2. The second-order valence-corrected chi connectivity index (χ2v) is 6.03. The minimum Gasteiger partial charge on any atom is -0.487 e. The molecule has 0 amide bonds. The topological polar surface area (TPSA) is 116 Å². The van der Waals surface area contributed by atoms with Crippen molar-refractivity contribution in [3.8, 4) is 5.75 Å². The van der Waals surface area contributed by atoms with E-state index in [9.17, 15) is 13.2 Å². The quantitative estimate of drug-likeness (QED) is 0.840. The van der Waals surface area contributed by atoms with Gasteiger partial charge in [0.1, 0.15) is 17.4 Å². The van der Waals surface area contributed by atoms with Crippen LogP contribution in [0.15, 0.2) is 23.1 Å². The molecule has 1 aromatic carbocycles. The van der Waals surface area contributed by atoms with Gasteiger partial charge in [0.25, 0.3) is 0 Å². The number of aromatic carboxylic acids is 1. The van der Waals surface area contributed by atoms with Gasteiger partial charge in [0, 0.05) is 6.61 Å². The lowest BCUT2D eigenvalue weighted by Crippen LogP contribution is -2.28. The summed E-state index contributed by atoms with van der Waals surface area (Å²) in [6.45, 7) is 1.05. The molecule has 0 radical (unpaired) electrons. The lowest BCUT2D eigenvalue weighted by atomic mass is 10.1. The third-order valence-corrected chi connectivity index (χ3v) is 3.83. The van der Waals surface area contributed by atoms with Crippen LogP contribution in [-0.4, -0.2) is 38.8 Å². The number of hydrogen-bond acceptors (Lipinski definition) is 5. The van der Waals surface area contributed by atoms with Crippen LogP contribution in [-0.2, 0) is 14.8 Å². The third-order valence-electron chi connectivity index (χ3n) is 2.92. The predicted octanol–water partition coefficient (Wildman–Crippen LogP) is 0.590. The van der Waals surface area contributed by atoms with E-state index >= 15 is 0 Å². The third kappa shape index (κ3) is 3.47. The summed E-state index contributed by atoms with van der Waals surface area (Å²) in [5.74, 6) is -1.16. The van der Waals surface area contributed by atoms with Crippen LogP contribution in [0.1, 0.15) is 23.2 Å². The molecule has 7 nitrogen and oxygen atoms in total. The minimum absolute atomic E-state index is 0.111. The van der Waals surface area contributed by atoms with Crippen molar-refractivity contribution in [1.29, 1.82) is 0 Å². The highest BCUT2D eigenvalue weighted by Crippen LogP contribution is 2.25. The fourth-order valence-electron chi connectivity index (χ4n) is 1.94. The van der Waals surface area contributed by atoms with Crippen LogP contribution < -0.4 is 9.88 Å². The smallest absolute Gasteiger partial charge is 0.339 e. The average molecular weight is 301 g/mol. The van der Waals surface area contributed by atoms with Gasteiger partial charge in [-0.05, 0) is 31.0 Å². The summed E-state index contributed by atoms with van der Waals surface area (Å²) in [5, 5.41) is 14.1. The maximum absolute atomic E-state index is 11.2. The highest BCUT2D eigenvalue weighted by atomic mass is 32.2. The Morgan fingerprint density at radius 1 is 1.45 bits per heavy atom. The van der Waals surface area contributed by atoms with Crippen molar-refractivity contribution < 1.29 is 27.8 Å². The zero-order valence-electron chi connectivity index (χ0n) is 10.6. The van der Waals surface area contributed by atoms with E-state index in [1.54, 1.807) is 0 Å². The van der Waals surface area contributed by atoms with Crippen molar-refractivity contribution in [1.82, 2.24) is 0 Å². The molecule has 3 N–H and O–H groups in total. The van der Waals surface area contributed by atoms with Crippen molar-refractivity contribution in [2.24, 2.45) is 5.14 Å². The van der Waals surface area contributed by atoms with Gasteiger partial charge in [-0.1, -0.05) is 0 Å². The zero-order valence-corrected chi connectivity index (χ0v) is 11.4. The van der Waals surface area contributed by atoms with Crippen LogP contribution in [0.2, 0.25) is 0 Å². The Morgan fingerprint density at radius 2 is 2.20 bits per heavy atom. The number of nitrogens with two attached hydrogens (primary N) is 1. The fourth-order valence-corrected chi connectivity index (χ4v) is 2.48. The Hall–Kier alpha value is -1.64. The number of primary sulfonamides is 1. The van der Waals surface area contributed by atoms with E-state index in [1.165, 1.54) is 12.1 Å². The molecule has 1 aliphatic rings. The number of sulfonamides is 1. The molecule has 1 fully saturated rings. The molecule has 0 saturated carbocycles. The Labute approximate surface area is 116 Å². The van der Waals surface area contributed by atoms with Crippen molar-refractivity contribution in [3.05, 3.63) is 23.8 Å². The van der Waals surface area contributed by atoms with Crippen molar-refractivity contribution in [2.45, 2.75) is 23.8 Å². The van der Waals surface area contributed by atoms with Crippen LogP contribution in [0.5, 0.6) is 5.75 Å². The van der Waals surface area contributed by atoms with Crippen LogP contribution in [0.25, 0.3) is 0 Å². The van der Waals surface area contributed by atoms with E-state index in [0.29, 0.717) is 13.2 Å². The first kappa shape index (κ1) is 14.8. The molecule has 1 atom stereocenters. The van der Waals surface area contributed by atoms with E-state index in [1.807, 2.05) is 0 Å². The SMILES string of the molecule is NS(=O)(=O)c1ccc(OC2CCCOC2)c(C(=O)O)c1. The molecule has 20 heavy (non-hydrogen) atoms. The zero-order chi connectivity index (χ0) is 14.8. The van der Waals surface area contributed by atoms with Gasteiger partial charge in [-0.25, -0.2) is 18.4 Å². The molecule has 0 bridgehead atoms. The van der Waals surface area contributed by atoms with Gasteiger partial charge >= 0.3 is 5.97 Å². The van der Waals surface area contributed by atoms with Gasteiger partial charge in [0.05, 0.1) is 11.5 Å². The molecule has 1 unspecified atom stereocenters. The molecule has 1 aromatic rings. The number of carbonyl (C=O) groups is 1. The normalized spacial score (nSPS) is 19.6. The van der Waals surface area contributed by atoms with Gasteiger partial charge in [-0.3, -0.25) is 0 Å². The first-order valence-corrected chi connectivity index (χ1v) is 7.57. The van der Waals surface area contributed by atoms with Gasteiger partial charge in [0.2, 0.25) is 10.0 Å². The van der Waals surface area contributed by atoms with E-state index in [4.69, 9.17) is 19.7 Å². The van der Waals surface area contributed by atoms with Gasteiger partial charge < -0.3 is 14.6 Å². The Bertz CT molecular complexity index is 606. The molecule has 0 aliphatic carbocycles. The molecule has 0 spiro atoms. The molecule has 0 aromatic heterocycles. The largest absolute Gasteiger partial charge is 0.487 e. The lowest BCUT2D eigenvalue weighted by molar-refractivity contribution is 0.00676. The second-order valence-electron chi connectivity index (χ2n) is 4.47. The summed E-state index contributed by atoms with van der Waals surface area (Å²) in [6, 6.07) is 3.52. The van der Waals surface area contributed by atoms with Crippen molar-refractivity contribution >= 4 is 16.0 Å². The van der Waals surface area contributed by atoms with Crippen molar-refractivity contribution in [3.63, 3.8) is 0 Å². The Kier molecular flexibility index (Phi) is 4.26. The number of hydrogen-bond donors (Lipinski definition) is 2. The molecular formula is C12H15NO6S. The maximum Gasteiger partial charge on any atom is 0.339 e. The highest BCUT2D eigenvalue weighted by Gasteiger charge is 2.21. The Morgan fingerprint density at radius 3 is 2.75 bits per heavy atom. The number of benzene rings is 1. The summed E-state index contributed by atoms with van der Waals surface area (Å²) in [4.78, 5) is 10.9. The minimum atomic E-state index is -3.95. The van der Waals surface area contributed by atoms with E-state index in [-0.39, 0.29) is 22.3 Å². The summed E-state index contributed by atoms with van der Waals surface area (Å²) in [7, 11) is -3.95. The number of carboxylic acids is 1. The molecule has 1 aliphatic heterocycles. The average Bonchev–Trinajstić information content (AvgIpc) is 2.38. The van der Waals surface area contributed by atoms with Crippen LogP contribution in [0.4, 0.5) is 0 Å². The van der Waals surface area contributed by atoms with Gasteiger partial charge in [-0.2, -0.15) is 0 Å². The summed E-state index contributed by atoms with van der Waals surface area (Å²) in [6.07, 6.45) is 1.36. The first-order valence-electron chi connectivity index (χ1n) is 6.02. The molecule has 1 saturated heterocycles. The van der Waals surface area contributed by atoms with Gasteiger partial charge in [-0.15, -0.1) is 0 Å². The lowest BCUT2D eigenvalue weighted by Gasteiger charge is -2.24. The van der Waals surface area contributed by atoms with E-state index in [2.05, 4.69) is 0 Å². The maximum atomic E-state index is 11.2. The predicted molar refractivity (Wildman–Crippen MR) is 69.2 cm³/mol. The second kappa shape index (κ2) is 5.78. The van der Waals surface area contributed by atoms with Crippen LogP contribution in [0, 0.1) is 0 Å². The molecular weight excluding hydrogens is 286 g/mol. The number of rotatable bonds is 4. The molecule has 1 heterocycles. The summed E-state index contributed by atoms with van der Waals surface area (Å²) in [5.41, 5.74) is -0.234. The van der Waals surface area contributed by atoms with Crippen molar-refractivity contribution in [2.75, 3.05) is 13.2 Å². The molecule has 8 heteroatoms. The standard InChI is InChI=1S/C12H15NO6S/c13-20(16,17)9-3-4-11(10(6-9)12(14)15)19-8-2-1-5-18-7-8/h3-4,6,8H,1-2,5,7H2,(H,14,15)(H2,13,16,17). The molecule has 2 rings (SSSR count). The summed E-state index contributed by atoms with van der Waals surface area (Å²) < 4.78 is 33.3.